The van der Waals surface area contributed by atoms with Gasteiger partial charge in [-0.05, 0) is 37.3 Å². The van der Waals surface area contributed by atoms with Gasteiger partial charge >= 0.3 is 12.2 Å². The third-order valence-corrected chi connectivity index (χ3v) is 3.76. The molecule has 0 N–H and O–H groups in total. The summed E-state index contributed by atoms with van der Waals surface area (Å²) in [6, 6.07) is 8.12. The number of carbonyl (C=O) groups is 2. The summed E-state index contributed by atoms with van der Waals surface area (Å²) in [7, 11) is 3.29. The van der Waals surface area contributed by atoms with E-state index >= 15 is 0 Å². The second-order valence-electron chi connectivity index (χ2n) is 7.24. The van der Waals surface area contributed by atoms with Crippen LogP contribution in [0.4, 0.5) is 9.59 Å². The summed E-state index contributed by atoms with van der Waals surface area (Å²) in [6.07, 6.45) is 0.0555. The van der Waals surface area contributed by atoms with E-state index in [2.05, 4.69) is 26.0 Å². The highest BCUT2D eigenvalue weighted by Crippen LogP contribution is 2.11. The van der Waals surface area contributed by atoms with Crippen LogP contribution in [0.3, 0.4) is 0 Å². The van der Waals surface area contributed by atoms with Gasteiger partial charge in [-0.2, -0.15) is 0 Å². The topological polar surface area (TPSA) is 59.1 Å². The van der Waals surface area contributed by atoms with Crippen molar-refractivity contribution in [1.29, 1.82) is 0 Å². The fourth-order valence-electron chi connectivity index (χ4n) is 2.27. The van der Waals surface area contributed by atoms with Gasteiger partial charge in [-0.15, -0.1) is 0 Å². The zero-order valence-electron chi connectivity index (χ0n) is 16.8. The summed E-state index contributed by atoms with van der Waals surface area (Å²) in [5, 5.41) is 0. The van der Waals surface area contributed by atoms with E-state index in [4.69, 9.17) is 9.47 Å². The molecule has 0 aliphatic rings. The fraction of sp³-hybridized carbons (Fsp3) is 0.600. The second-order valence-corrected chi connectivity index (χ2v) is 7.24. The van der Waals surface area contributed by atoms with E-state index in [0.717, 1.165) is 12.0 Å². The Kier molecular flexibility index (Phi) is 8.96. The number of ether oxygens (including phenoxy) is 2. The lowest BCUT2D eigenvalue weighted by Crippen LogP contribution is -2.38. The van der Waals surface area contributed by atoms with Gasteiger partial charge in [0, 0.05) is 27.2 Å². The third-order valence-electron chi connectivity index (χ3n) is 3.76. The van der Waals surface area contributed by atoms with Crippen LogP contribution in [0.25, 0.3) is 0 Å². The van der Waals surface area contributed by atoms with Gasteiger partial charge in [-0.3, -0.25) is 0 Å². The monoisotopic (exact) mass is 364 g/mol. The third kappa shape index (κ3) is 8.23. The van der Waals surface area contributed by atoms with E-state index in [9.17, 15) is 9.59 Å². The molecule has 0 radical (unpaired) electrons. The van der Waals surface area contributed by atoms with Crippen LogP contribution in [0.1, 0.15) is 38.8 Å². The van der Waals surface area contributed by atoms with E-state index < -0.39 is 12.2 Å². The maximum absolute atomic E-state index is 12.1. The lowest BCUT2D eigenvalue weighted by Gasteiger charge is -2.22. The van der Waals surface area contributed by atoms with E-state index in [0.29, 0.717) is 19.0 Å². The van der Waals surface area contributed by atoms with Crippen LogP contribution in [-0.2, 0) is 22.5 Å². The molecule has 0 aliphatic heterocycles. The summed E-state index contributed by atoms with van der Waals surface area (Å²) in [5.74, 6) is 0.614. The molecule has 1 aromatic rings. The van der Waals surface area contributed by atoms with Gasteiger partial charge in [0.2, 0.25) is 0 Å². The zero-order chi connectivity index (χ0) is 19.7. The maximum Gasteiger partial charge on any atom is 0.409 e. The van der Waals surface area contributed by atoms with E-state index in [-0.39, 0.29) is 12.7 Å². The molecular weight excluding hydrogens is 332 g/mol. The molecule has 1 aromatic carbocycles. The van der Waals surface area contributed by atoms with E-state index in [1.165, 1.54) is 15.4 Å². The largest absolute Gasteiger partial charge is 0.447 e. The van der Waals surface area contributed by atoms with Gasteiger partial charge in [0.15, 0.2) is 0 Å². The van der Waals surface area contributed by atoms with Crippen molar-refractivity contribution in [3.63, 3.8) is 0 Å². The fourth-order valence-corrected chi connectivity index (χ4v) is 2.27. The van der Waals surface area contributed by atoms with Crippen LogP contribution < -0.4 is 0 Å². The number of hydrogen-bond acceptors (Lipinski definition) is 4. The first-order chi connectivity index (χ1) is 12.2. The van der Waals surface area contributed by atoms with Crippen LogP contribution in [0.5, 0.6) is 0 Å². The number of amides is 2. The molecule has 0 aromatic heterocycles. The van der Waals surface area contributed by atoms with Gasteiger partial charge in [0.05, 0.1) is 6.10 Å². The molecule has 0 saturated heterocycles. The lowest BCUT2D eigenvalue weighted by molar-refractivity contribution is 0.0768. The smallest absolute Gasteiger partial charge is 0.409 e. The minimum Gasteiger partial charge on any atom is -0.447 e. The molecular formula is C20H32N2O4. The summed E-state index contributed by atoms with van der Waals surface area (Å²) < 4.78 is 10.4. The SMILES string of the molecule is CC(C)Cc1ccc(COC(=O)N(C)CCN(C)C(=O)OC(C)C)cc1. The maximum atomic E-state index is 12.1. The number of nitrogens with zero attached hydrogens (tertiary/aromatic N) is 2. The van der Waals surface area contributed by atoms with Crippen molar-refractivity contribution < 1.29 is 19.1 Å². The number of likely N-dealkylation sites (N-methyl/N-ethyl adjacent to an activating group) is 2. The Hall–Kier alpha value is -2.24. The number of rotatable bonds is 8. The van der Waals surface area contributed by atoms with Crippen LogP contribution in [0.15, 0.2) is 24.3 Å². The molecule has 2 amide bonds. The zero-order valence-corrected chi connectivity index (χ0v) is 16.8. The van der Waals surface area contributed by atoms with Crippen LogP contribution >= 0.6 is 0 Å². The highest BCUT2D eigenvalue weighted by atomic mass is 16.6. The second kappa shape index (κ2) is 10.7. The van der Waals surface area contributed by atoms with Crippen molar-refractivity contribution in [1.82, 2.24) is 9.80 Å². The van der Waals surface area contributed by atoms with Crippen molar-refractivity contribution in [2.75, 3.05) is 27.2 Å². The molecule has 0 aliphatic carbocycles. The minimum absolute atomic E-state index is 0.167. The van der Waals surface area contributed by atoms with E-state index in [1.54, 1.807) is 27.9 Å². The standard InChI is InChI=1S/C20H32N2O4/c1-15(2)13-17-7-9-18(10-8-17)14-25-19(23)21(5)11-12-22(6)20(24)26-16(3)4/h7-10,15-16H,11-14H2,1-6H3. The van der Waals surface area contributed by atoms with E-state index in [1.807, 2.05) is 12.1 Å². The Morgan fingerprint density at radius 3 is 1.88 bits per heavy atom. The van der Waals surface area contributed by atoms with Crippen molar-refractivity contribution in [2.24, 2.45) is 5.92 Å². The molecule has 0 fully saturated rings. The van der Waals surface area contributed by atoms with Gasteiger partial charge in [-0.25, -0.2) is 9.59 Å². The number of carbonyl (C=O) groups excluding carboxylic acids is 2. The lowest BCUT2D eigenvalue weighted by atomic mass is 10.0. The first kappa shape index (κ1) is 21.8. The molecule has 0 atom stereocenters. The first-order valence-corrected chi connectivity index (χ1v) is 9.06. The first-order valence-electron chi connectivity index (χ1n) is 9.06. The highest BCUT2D eigenvalue weighted by molar-refractivity contribution is 5.68. The Labute approximate surface area is 157 Å². The number of benzene rings is 1. The molecule has 146 valence electrons. The average Bonchev–Trinajstić information content (AvgIpc) is 2.57. The summed E-state index contributed by atoms with van der Waals surface area (Å²) in [5.41, 5.74) is 2.24. The quantitative estimate of drug-likeness (QED) is 0.701. The van der Waals surface area contributed by atoms with Gasteiger partial charge in [-0.1, -0.05) is 38.1 Å². The van der Waals surface area contributed by atoms with Crippen LogP contribution in [0.2, 0.25) is 0 Å². The Morgan fingerprint density at radius 2 is 1.38 bits per heavy atom. The Morgan fingerprint density at radius 1 is 0.885 bits per heavy atom. The van der Waals surface area contributed by atoms with Gasteiger partial charge < -0.3 is 19.3 Å². The van der Waals surface area contributed by atoms with Crippen molar-refractivity contribution >= 4 is 12.2 Å². The predicted octanol–water partition coefficient (Wildman–Crippen LogP) is 3.93. The minimum atomic E-state index is -0.415. The normalized spacial score (nSPS) is 10.8. The molecule has 6 heteroatoms. The molecule has 26 heavy (non-hydrogen) atoms. The molecule has 0 unspecified atom stereocenters. The average molecular weight is 364 g/mol. The van der Waals surface area contributed by atoms with Crippen molar-refractivity contribution in [3.05, 3.63) is 35.4 Å². The molecule has 6 nitrogen and oxygen atoms in total. The van der Waals surface area contributed by atoms with Gasteiger partial charge in [0.25, 0.3) is 0 Å². The highest BCUT2D eigenvalue weighted by Gasteiger charge is 2.15. The Balaban J connectivity index is 2.37. The summed E-state index contributed by atoms with van der Waals surface area (Å²) in [4.78, 5) is 26.7. The molecule has 0 bridgehead atoms. The van der Waals surface area contributed by atoms with Crippen molar-refractivity contribution in [2.45, 2.75) is 46.8 Å². The number of hydrogen-bond donors (Lipinski definition) is 0. The molecule has 0 spiro atoms. The van der Waals surface area contributed by atoms with Gasteiger partial charge in [0.1, 0.15) is 6.61 Å². The Bertz CT molecular complexity index is 570. The van der Waals surface area contributed by atoms with Crippen LogP contribution in [0, 0.1) is 5.92 Å². The molecule has 1 rings (SSSR count). The summed E-state index contributed by atoms with van der Waals surface area (Å²) >= 11 is 0. The summed E-state index contributed by atoms with van der Waals surface area (Å²) in [6.45, 7) is 8.94. The molecule has 0 saturated carbocycles. The van der Waals surface area contributed by atoms with Crippen LogP contribution in [-0.4, -0.2) is 55.3 Å². The van der Waals surface area contributed by atoms with Crippen molar-refractivity contribution in [3.8, 4) is 0 Å². The predicted molar refractivity (Wildman–Crippen MR) is 102 cm³/mol. The molecule has 0 heterocycles.